The van der Waals surface area contributed by atoms with Crippen LogP contribution in [0.5, 0.6) is 5.75 Å². The fourth-order valence-corrected chi connectivity index (χ4v) is 6.27. The molecule has 0 fully saturated rings. The lowest BCUT2D eigenvalue weighted by molar-refractivity contribution is 0.329. The standard InChI is InChI=1S/C22H28N4O6S2/c1-22(2,3)9-11-26-21(28)19(20(27)17-6-5-10-25(17)26)16-13-34(31,32)18-12-14(24-33(4,29)30)7-8-15(18)23-16/h5-8,10,12,16,23-24,27H,9,11,13H2,1-4H3. The maximum atomic E-state index is 13.5. The van der Waals surface area contributed by atoms with Crippen LogP contribution in [0, 0.1) is 5.41 Å². The average Bonchev–Trinajstić information content (AvgIpc) is 3.16. The quantitative estimate of drug-likeness (QED) is 0.481. The lowest BCUT2D eigenvalue weighted by Crippen LogP contribution is -2.36. The monoisotopic (exact) mass is 508 g/mol. The summed E-state index contributed by atoms with van der Waals surface area (Å²) in [4.78, 5) is 13.4. The second-order valence-electron chi connectivity index (χ2n) is 9.80. The Morgan fingerprint density at radius 3 is 2.59 bits per heavy atom. The van der Waals surface area contributed by atoms with Crippen LogP contribution in [0.25, 0.3) is 5.52 Å². The van der Waals surface area contributed by atoms with Crippen molar-refractivity contribution in [1.82, 2.24) is 9.20 Å². The van der Waals surface area contributed by atoms with Crippen LogP contribution in [0.1, 0.15) is 38.8 Å². The summed E-state index contributed by atoms with van der Waals surface area (Å²) in [7, 11) is -7.49. The molecule has 1 aliphatic rings. The highest BCUT2D eigenvalue weighted by atomic mass is 32.2. The normalized spacial score (nSPS) is 17.8. The zero-order valence-electron chi connectivity index (χ0n) is 19.4. The Kier molecular flexibility index (Phi) is 5.72. The van der Waals surface area contributed by atoms with Crippen LogP contribution >= 0.6 is 0 Å². The first-order valence-electron chi connectivity index (χ1n) is 10.7. The number of nitrogens with one attached hydrogen (secondary N) is 2. The number of rotatable bonds is 5. The Balaban J connectivity index is 1.81. The highest BCUT2D eigenvalue weighted by molar-refractivity contribution is 7.92. The molecule has 3 aromatic rings. The molecule has 0 aliphatic carbocycles. The van der Waals surface area contributed by atoms with Crippen molar-refractivity contribution in [1.29, 1.82) is 0 Å². The number of hydrogen-bond donors (Lipinski definition) is 3. The highest BCUT2D eigenvalue weighted by Gasteiger charge is 2.35. The molecule has 0 radical (unpaired) electrons. The number of hydrogen-bond acceptors (Lipinski definition) is 7. The summed E-state index contributed by atoms with van der Waals surface area (Å²) in [5.41, 5.74) is 0.212. The predicted octanol–water partition coefficient (Wildman–Crippen LogP) is 2.55. The van der Waals surface area contributed by atoms with Gasteiger partial charge in [-0.2, -0.15) is 0 Å². The van der Waals surface area contributed by atoms with E-state index >= 15 is 0 Å². The van der Waals surface area contributed by atoms with Crippen molar-refractivity contribution in [3.05, 3.63) is 52.4 Å². The van der Waals surface area contributed by atoms with Crippen LogP contribution in [0.2, 0.25) is 0 Å². The summed E-state index contributed by atoms with van der Waals surface area (Å²) in [5.74, 6) is -0.741. The SMILES string of the molecule is CC(C)(C)CCn1c(=O)c(C2CS(=O)(=O)c3cc(NS(C)(=O)=O)ccc3N2)c(O)c2cccn21. The van der Waals surface area contributed by atoms with E-state index in [1.807, 2.05) is 0 Å². The van der Waals surface area contributed by atoms with E-state index in [4.69, 9.17) is 0 Å². The van der Waals surface area contributed by atoms with Gasteiger partial charge in [-0.25, -0.2) is 21.5 Å². The molecule has 0 bridgehead atoms. The molecule has 3 N–H and O–H groups in total. The van der Waals surface area contributed by atoms with Gasteiger partial charge in [0.15, 0.2) is 15.6 Å². The minimum atomic E-state index is -3.90. The fraction of sp³-hybridized carbons (Fsp3) is 0.409. The van der Waals surface area contributed by atoms with E-state index in [0.29, 0.717) is 18.5 Å². The molecule has 3 heterocycles. The minimum Gasteiger partial charge on any atom is -0.505 e. The first kappa shape index (κ1) is 24.1. The highest BCUT2D eigenvalue weighted by Crippen LogP contribution is 2.38. The summed E-state index contributed by atoms with van der Waals surface area (Å²) >= 11 is 0. The van der Waals surface area contributed by atoms with Crippen molar-refractivity contribution in [2.45, 2.75) is 44.7 Å². The molecule has 184 valence electrons. The van der Waals surface area contributed by atoms with E-state index in [1.165, 1.54) is 22.9 Å². The average molecular weight is 509 g/mol. The molecule has 0 saturated carbocycles. The topological polar surface area (TPSA) is 139 Å². The van der Waals surface area contributed by atoms with Gasteiger partial charge in [-0.3, -0.25) is 14.0 Å². The Bertz CT molecular complexity index is 1550. The summed E-state index contributed by atoms with van der Waals surface area (Å²) in [6, 6.07) is 6.51. The van der Waals surface area contributed by atoms with Gasteiger partial charge in [0.25, 0.3) is 5.56 Å². The molecule has 4 rings (SSSR count). The third kappa shape index (κ3) is 4.64. The van der Waals surface area contributed by atoms with Gasteiger partial charge in [0, 0.05) is 18.4 Å². The zero-order chi connectivity index (χ0) is 25.1. The van der Waals surface area contributed by atoms with Crippen molar-refractivity contribution < 1.29 is 21.9 Å². The lowest BCUT2D eigenvalue weighted by atomic mass is 9.92. The van der Waals surface area contributed by atoms with Gasteiger partial charge in [0.2, 0.25) is 10.0 Å². The lowest BCUT2D eigenvalue weighted by Gasteiger charge is -2.29. The smallest absolute Gasteiger partial charge is 0.274 e. The van der Waals surface area contributed by atoms with Crippen LogP contribution in [-0.2, 0) is 26.4 Å². The van der Waals surface area contributed by atoms with E-state index in [1.54, 1.807) is 22.8 Å². The van der Waals surface area contributed by atoms with E-state index in [2.05, 4.69) is 30.8 Å². The van der Waals surface area contributed by atoms with Crippen LogP contribution in [-0.4, -0.2) is 43.1 Å². The maximum Gasteiger partial charge on any atom is 0.274 e. The van der Waals surface area contributed by atoms with Gasteiger partial charge in [-0.15, -0.1) is 0 Å². The van der Waals surface area contributed by atoms with E-state index in [0.717, 1.165) is 6.26 Å². The van der Waals surface area contributed by atoms with Crippen molar-refractivity contribution in [3.8, 4) is 5.75 Å². The molecule has 1 unspecified atom stereocenters. The van der Waals surface area contributed by atoms with E-state index in [9.17, 15) is 26.7 Å². The number of aromatic hydroxyl groups is 1. The summed E-state index contributed by atoms with van der Waals surface area (Å²) in [6.45, 7) is 6.57. The Morgan fingerprint density at radius 2 is 1.94 bits per heavy atom. The third-order valence-corrected chi connectivity index (χ3v) is 8.10. The summed E-state index contributed by atoms with van der Waals surface area (Å²) in [6.07, 6.45) is 3.35. The number of aromatic nitrogens is 2. The van der Waals surface area contributed by atoms with Crippen molar-refractivity contribution in [2.75, 3.05) is 22.0 Å². The Morgan fingerprint density at radius 1 is 1.24 bits per heavy atom. The van der Waals surface area contributed by atoms with Crippen molar-refractivity contribution in [3.63, 3.8) is 0 Å². The molecule has 0 spiro atoms. The third-order valence-electron chi connectivity index (χ3n) is 5.71. The molecule has 1 aromatic carbocycles. The zero-order valence-corrected chi connectivity index (χ0v) is 21.0. The van der Waals surface area contributed by atoms with Gasteiger partial charge < -0.3 is 10.4 Å². The predicted molar refractivity (Wildman–Crippen MR) is 131 cm³/mol. The number of sulfonamides is 1. The van der Waals surface area contributed by atoms with Gasteiger partial charge >= 0.3 is 0 Å². The van der Waals surface area contributed by atoms with E-state index in [-0.39, 0.29) is 33.0 Å². The Labute approximate surface area is 198 Å². The van der Waals surface area contributed by atoms with Gasteiger partial charge in [-0.05, 0) is 42.2 Å². The number of nitrogens with zero attached hydrogens (tertiary/aromatic N) is 2. The summed E-state index contributed by atoms with van der Waals surface area (Å²) in [5, 5.41) is 14.0. The molecule has 34 heavy (non-hydrogen) atoms. The molecule has 1 aliphatic heterocycles. The van der Waals surface area contributed by atoms with Crippen molar-refractivity contribution >= 4 is 36.8 Å². The second-order valence-corrected chi connectivity index (χ2v) is 13.6. The molecule has 0 amide bonds. The summed E-state index contributed by atoms with van der Waals surface area (Å²) < 4.78 is 54.7. The molecule has 0 saturated heterocycles. The van der Waals surface area contributed by atoms with Crippen LogP contribution in [0.4, 0.5) is 11.4 Å². The fourth-order valence-electron chi connectivity index (χ4n) is 4.08. The molecule has 2 aromatic heterocycles. The number of benzene rings is 1. The van der Waals surface area contributed by atoms with Gasteiger partial charge in [0.1, 0.15) is 5.52 Å². The minimum absolute atomic E-state index is 0.0207. The molecular formula is C22H28N4O6S2. The van der Waals surface area contributed by atoms with Gasteiger partial charge in [-0.1, -0.05) is 20.8 Å². The van der Waals surface area contributed by atoms with Crippen molar-refractivity contribution in [2.24, 2.45) is 5.41 Å². The molecule has 1 atom stereocenters. The number of aryl methyl sites for hydroxylation is 1. The van der Waals surface area contributed by atoms with Crippen LogP contribution < -0.4 is 15.6 Å². The van der Waals surface area contributed by atoms with Crippen LogP contribution in [0.3, 0.4) is 0 Å². The number of fused-ring (bicyclic) bond motifs is 2. The van der Waals surface area contributed by atoms with Gasteiger partial charge in [0.05, 0.1) is 34.2 Å². The molecular weight excluding hydrogens is 480 g/mol. The molecule has 12 heteroatoms. The maximum absolute atomic E-state index is 13.5. The van der Waals surface area contributed by atoms with Crippen LogP contribution in [0.15, 0.2) is 46.2 Å². The Hall–Kier alpha value is -2.99. The van der Waals surface area contributed by atoms with E-state index < -0.39 is 37.2 Å². The first-order valence-corrected chi connectivity index (χ1v) is 14.2. The second kappa shape index (κ2) is 8.05. The first-order chi connectivity index (χ1) is 15.7. The molecule has 10 nitrogen and oxygen atoms in total. The number of sulfone groups is 1. The number of anilines is 2. The largest absolute Gasteiger partial charge is 0.505 e.